The van der Waals surface area contributed by atoms with Crippen molar-refractivity contribution in [2.45, 2.75) is 19.6 Å². The van der Waals surface area contributed by atoms with Crippen molar-refractivity contribution < 1.29 is 17.8 Å². The van der Waals surface area contributed by atoms with Crippen molar-refractivity contribution >= 4 is 5.97 Å². The number of cyclic esters (lactones) is 1. The fourth-order valence-electron chi connectivity index (χ4n) is 1.46. The first kappa shape index (κ1) is 5.14. The van der Waals surface area contributed by atoms with Gasteiger partial charge in [-0.25, -0.2) is 4.98 Å². The topological polar surface area (TPSA) is 44.1 Å². The largest absolute Gasteiger partial charge is 0.465 e. The van der Waals surface area contributed by atoms with Crippen LogP contribution in [0.1, 0.15) is 27.2 Å². The Hall–Kier alpha value is -1.32. The molecule has 0 aliphatic carbocycles. The maximum Gasteiger partial charge on any atom is 0.309 e. The first-order valence-electron chi connectivity index (χ1n) is 7.62. The normalized spacial score (nSPS) is 38.2. The van der Waals surface area contributed by atoms with E-state index in [9.17, 15) is 4.79 Å². The van der Waals surface area contributed by atoms with Crippen LogP contribution in [0.5, 0.6) is 0 Å². The zero-order valence-electron chi connectivity index (χ0n) is 14.4. The predicted octanol–water partition coefficient (Wildman–Crippen LogP) is 1.16. The number of aromatic nitrogens is 2. The van der Waals surface area contributed by atoms with Gasteiger partial charge in [0.15, 0.2) is 0 Å². The van der Waals surface area contributed by atoms with Crippen molar-refractivity contribution in [3.8, 4) is 0 Å². The highest BCUT2D eigenvalue weighted by molar-refractivity contribution is 5.74. The van der Waals surface area contributed by atoms with E-state index >= 15 is 0 Å². The molecule has 0 aromatic carbocycles. The van der Waals surface area contributed by atoms with E-state index in [0.29, 0.717) is 0 Å². The number of ether oxygens (including phenoxy) is 1. The van der Waals surface area contributed by atoms with Crippen molar-refractivity contribution in [3.63, 3.8) is 0 Å². The third-order valence-corrected chi connectivity index (χ3v) is 2.38. The number of carbonyl (C=O) groups excluding carboxylic acids is 1. The number of aryl methyl sites for hydroxylation is 1. The van der Waals surface area contributed by atoms with Crippen LogP contribution in [0, 0.1) is 11.8 Å². The molecule has 1 aliphatic rings. The van der Waals surface area contributed by atoms with Crippen LogP contribution in [0.3, 0.4) is 0 Å². The average Bonchev–Trinajstić information content (AvgIpc) is 2.88. The monoisotopic (exact) mass is 214 g/mol. The fourth-order valence-corrected chi connectivity index (χ4v) is 1.46. The average molecular weight is 214 g/mol. The lowest BCUT2D eigenvalue weighted by atomic mass is 9.89. The quantitative estimate of drug-likeness (QED) is 0.709. The fraction of sp³-hybridized carbons (Fsp3) is 0.636. The van der Waals surface area contributed by atoms with Gasteiger partial charge in [-0.05, 0) is 12.8 Å². The van der Waals surface area contributed by atoms with E-state index in [-0.39, 0.29) is 5.69 Å². The summed E-state index contributed by atoms with van der Waals surface area (Å²) in [5, 5.41) is 0. The Balaban J connectivity index is 2.43. The molecule has 0 saturated carbocycles. The molecule has 1 aromatic rings. The number of hydrogen-bond acceptors (Lipinski definition) is 3. The zero-order valence-corrected chi connectivity index (χ0v) is 8.36. The number of hydrogen-bond donors (Lipinski definition) is 0. The lowest BCUT2D eigenvalue weighted by molar-refractivity contribution is -0.141. The Morgan fingerprint density at radius 2 is 2.80 bits per heavy atom. The molecule has 2 atom stereocenters. The molecule has 4 heteroatoms. The van der Waals surface area contributed by atoms with Crippen molar-refractivity contribution in [1.29, 1.82) is 0 Å². The molecule has 0 N–H and O–H groups in total. The van der Waals surface area contributed by atoms with Gasteiger partial charge in [0.05, 0.1) is 18.9 Å². The summed E-state index contributed by atoms with van der Waals surface area (Å²) in [6.07, 6.45) is -0.217. The number of carbonyl (C=O) groups is 1. The maximum atomic E-state index is 11.8. The molecule has 4 nitrogen and oxygen atoms in total. The van der Waals surface area contributed by atoms with E-state index in [2.05, 4.69) is 4.98 Å². The van der Waals surface area contributed by atoms with Gasteiger partial charge in [0.1, 0.15) is 0 Å². The molecule has 1 fully saturated rings. The summed E-state index contributed by atoms with van der Waals surface area (Å²) in [6.45, 7) is -2.92. The SMILES string of the molecule is [2H]C([2H])([2H])C[C@@H]1C(=O)OC[C@]1([2H])C([2H])([2H])c1cncn1C. The highest BCUT2D eigenvalue weighted by atomic mass is 16.5. The number of nitrogens with zero attached hydrogens (tertiary/aromatic N) is 2. The van der Waals surface area contributed by atoms with Crippen LogP contribution in [0.15, 0.2) is 12.5 Å². The molecule has 1 aliphatic heterocycles. The molecule has 0 radical (unpaired) electrons. The minimum atomic E-state index is -2.44. The third-order valence-electron chi connectivity index (χ3n) is 2.38. The number of rotatable bonds is 3. The Labute approximate surface area is 97.7 Å². The summed E-state index contributed by atoms with van der Waals surface area (Å²) >= 11 is 0. The van der Waals surface area contributed by atoms with E-state index in [1.165, 1.54) is 17.1 Å². The molecule has 82 valence electrons. The van der Waals surface area contributed by atoms with Crippen LogP contribution in [0.4, 0.5) is 0 Å². The molecule has 1 saturated heterocycles. The van der Waals surface area contributed by atoms with E-state index in [1.54, 1.807) is 7.05 Å². The lowest BCUT2D eigenvalue weighted by Gasteiger charge is -2.12. The van der Waals surface area contributed by atoms with Gasteiger partial charge in [0.25, 0.3) is 0 Å². The van der Waals surface area contributed by atoms with Crippen molar-refractivity contribution in [2.24, 2.45) is 18.9 Å². The third kappa shape index (κ3) is 1.89. The Kier molecular flexibility index (Phi) is 1.39. The van der Waals surface area contributed by atoms with Gasteiger partial charge in [0.2, 0.25) is 0 Å². The summed E-state index contributed by atoms with van der Waals surface area (Å²) < 4.78 is 53.0. The van der Waals surface area contributed by atoms with E-state index in [0.717, 1.165) is 0 Å². The van der Waals surface area contributed by atoms with E-state index in [4.69, 9.17) is 13.0 Å². The first-order chi connectivity index (χ1) is 9.49. The molecule has 2 rings (SSSR count). The molecule has 0 unspecified atom stereocenters. The first-order valence-corrected chi connectivity index (χ1v) is 4.62. The van der Waals surface area contributed by atoms with Crippen molar-refractivity contribution in [1.82, 2.24) is 9.55 Å². The Bertz CT molecular complexity index is 555. The molecule has 0 spiro atoms. The minimum absolute atomic E-state index is 0.103. The smallest absolute Gasteiger partial charge is 0.309 e. The summed E-state index contributed by atoms with van der Waals surface area (Å²) in [5.41, 5.74) is 0.103. The van der Waals surface area contributed by atoms with Gasteiger partial charge in [-0.15, -0.1) is 0 Å². The van der Waals surface area contributed by atoms with Gasteiger partial charge in [-0.2, -0.15) is 0 Å². The van der Waals surface area contributed by atoms with Gasteiger partial charge >= 0.3 is 5.97 Å². The van der Waals surface area contributed by atoms with Gasteiger partial charge in [-0.3, -0.25) is 4.79 Å². The molecule has 15 heavy (non-hydrogen) atoms. The number of esters is 1. The van der Waals surface area contributed by atoms with Crippen LogP contribution in [0.2, 0.25) is 0 Å². The molecular formula is C11H16N2O2. The van der Waals surface area contributed by atoms with Crippen molar-refractivity contribution in [3.05, 3.63) is 18.2 Å². The molecule has 2 heterocycles. The second-order valence-corrected chi connectivity index (χ2v) is 3.40. The zero-order chi connectivity index (χ0) is 16.1. The van der Waals surface area contributed by atoms with Crippen LogP contribution in [-0.2, 0) is 23.0 Å². The van der Waals surface area contributed by atoms with Gasteiger partial charge in [-0.1, -0.05) is 6.85 Å². The number of imidazole rings is 1. The highest BCUT2D eigenvalue weighted by Gasteiger charge is 2.35. The van der Waals surface area contributed by atoms with E-state index < -0.39 is 44.0 Å². The van der Waals surface area contributed by atoms with Gasteiger partial charge < -0.3 is 9.30 Å². The van der Waals surface area contributed by atoms with E-state index in [1.807, 2.05) is 0 Å². The highest BCUT2D eigenvalue weighted by Crippen LogP contribution is 2.27. The summed E-state index contributed by atoms with van der Waals surface area (Å²) in [5.74, 6) is -4.20. The van der Waals surface area contributed by atoms with Crippen molar-refractivity contribution in [2.75, 3.05) is 6.61 Å². The Morgan fingerprint density at radius 1 is 1.93 bits per heavy atom. The lowest BCUT2D eigenvalue weighted by Crippen LogP contribution is -2.18. The molecule has 0 bridgehead atoms. The summed E-state index contributed by atoms with van der Waals surface area (Å²) in [7, 11) is 1.57. The van der Waals surface area contributed by atoms with Crippen LogP contribution in [0.25, 0.3) is 0 Å². The Morgan fingerprint density at radius 3 is 3.47 bits per heavy atom. The summed E-state index contributed by atoms with van der Waals surface area (Å²) in [4.78, 5) is 15.6. The second-order valence-electron chi connectivity index (χ2n) is 3.40. The van der Waals surface area contributed by atoms with Crippen LogP contribution in [-0.4, -0.2) is 22.1 Å². The maximum absolute atomic E-state index is 11.8. The van der Waals surface area contributed by atoms with Gasteiger partial charge in [0, 0.05) is 33.1 Å². The molecule has 0 amide bonds. The molecule has 1 aromatic heterocycles. The van der Waals surface area contributed by atoms with Crippen LogP contribution >= 0.6 is 0 Å². The molecular weight excluding hydrogens is 192 g/mol. The minimum Gasteiger partial charge on any atom is -0.465 e. The standard InChI is InChI=1S/C11H16N2O2/c1-3-10-8(6-15-11(10)14)4-9-5-12-7-13(9)2/h5,7-8,10H,3-4,6H2,1-2H3/t8-,10-/m0/s1/i1D3,4D2,8D. The summed E-state index contributed by atoms with van der Waals surface area (Å²) in [6, 6.07) is 0. The predicted molar refractivity (Wildman–Crippen MR) is 55.1 cm³/mol. The van der Waals surface area contributed by atoms with Crippen LogP contribution < -0.4 is 0 Å². The second kappa shape index (κ2) is 4.04.